The smallest absolute Gasteiger partial charge is 0.319 e. The van der Waals surface area contributed by atoms with Crippen LogP contribution in [0, 0.1) is 0 Å². The summed E-state index contributed by atoms with van der Waals surface area (Å²) in [7, 11) is 0. The highest BCUT2D eigenvalue weighted by molar-refractivity contribution is 7.22. The first-order valence-corrected chi connectivity index (χ1v) is 15.1. The maximum atomic E-state index is 14.4. The molecule has 0 amide bonds. The third-order valence-electron chi connectivity index (χ3n) is 8.83. The number of nitrogens with one attached hydrogen (secondary N) is 2. The lowest BCUT2D eigenvalue weighted by atomic mass is 9.95. The monoisotopic (exact) mass is 577 g/mol. The zero-order chi connectivity index (χ0) is 27.6. The molecule has 2 aromatic carbocycles. The summed E-state index contributed by atoms with van der Waals surface area (Å²) in [6, 6.07) is 12.1. The van der Waals surface area contributed by atoms with Crippen LogP contribution >= 0.6 is 11.3 Å². The number of nitrogens with zero attached hydrogens (tertiary/aromatic N) is 5. The molecule has 0 aliphatic carbocycles. The van der Waals surface area contributed by atoms with Crippen molar-refractivity contribution in [3.05, 3.63) is 36.4 Å². The van der Waals surface area contributed by atoms with E-state index in [-0.39, 0.29) is 23.4 Å². The van der Waals surface area contributed by atoms with E-state index in [9.17, 15) is 9.50 Å². The number of halogens is 1. The summed E-state index contributed by atoms with van der Waals surface area (Å²) in [6.45, 7) is 4.55. The number of thiazole rings is 1. The van der Waals surface area contributed by atoms with E-state index in [4.69, 9.17) is 24.4 Å². The highest BCUT2D eigenvalue weighted by Crippen LogP contribution is 2.41. The Morgan fingerprint density at radius 2 is 2.00 bits per heavy atom. The molecule has 0 spiro atoms. The molecule has 2 aromatic heterocycles. The molecule has 4 aliphatic heterocycles. The van der Waals surface area contributed by atoms with Crippen LogP contribution in [0.15, 0.2) is 36.4 Å². The highest BCUT2D eigenvalue weighted by Gasteiger charge is 2.49. The van der Waals surface area contributed by atoms with Crippen LogP contribution in [0.4, 0.5) is 21.0 Å². The number of aromatic hydroxyl groups is 1. The van der Waals surface area contributed by atoms with Gasteiger partial charge in [-0.1, -0.05) is 35.6 Å². The molecule has 4 aliphatic rings. The van der Waals surface area contributed by atoms with E-state index >= 15 is 0 Å². The van der Waals surface area contributed by atoms with Crippen LogP contribution < -0.4 is 20.3 Å². The van der Waals surface area contributed by atoms with E-state index in [0.717, 1.165) is 54.8 Å². The fraction of sp³-hybridized carbons (Fsp3) is 0.483. The minimum Gasteiger partial charge on any atom is -0.508 e. The lowest BCUT2D eigenvalue weighted by molar-refractivity contribution is 0.0374. The maximum absolute atomic E-state index is 14.4. The second kappa shape index (κ2) is 9.90. The second-order valence-corrected chi connectivity index (χ2v) is 12.7. The first-order chi connectivity index (χ1) is 20.0. The van der Waals surface area contributed by atoms with Crippen molar-refractivity contribution in [3.63, 3.8) is 0 Å². The highest BCUT2D eigenvalue weighted by atomic mass is 32.1. The number of benzene rings is 2. The number of phenols is 1. The summed E-state index contributed by atoms with van der Waals surface area (Å²) in [6.07, 6.45) is 1.66. The Hall–Kier alpha value is -3.32. The Kier molecular flexibility index (Phi) is 6.13. The molecule has 3 N–H and O–H groups in total. The average molecular weight is 578 g/mol. The van der Waals surface area contributed by atoms with Crippen LogP contribution in [0.3, 0.4) is 0 Å². The predicted molar refractivity (Wildman–Crippen MR) is 156 cm³/mol. The Morgan fingerprint density at radius 3 is 2.88 bits per heavy atom. The summed E-state index contributed by atoms with van der Waals surface area (Å²) in [4.78, 5) is 19.9. The fourth-order valence-corrected chi connectivity index (χ4v) is 7.90. The van der Waals surface area contributed by atoms with Gasteiger partial charge in [-0.15, -0.1) is 0 Å². The summed E-state index contributed by atoms with van der Waals surface area (Å²) in [5.41, 5.74) is 1.19. The van der Waals surface area contributed by atoms with Gasteiger partial charge < -0.3 is 30.1 Å². The van der Waals surface area contributed by atoms with Crippen molar-refractivity contribution < 1.29 is 19.0 Å². The number of ether oxygens (including phenoxy) is 2. The molecule has 41 heavy (non-hydrogen) atoms. The number of hydrogen-bond donors (Lipinski definition) is 3. The molecule has 0 saturated carbocycles. The lowest BCUT2D eigenvalue weighted by Gasteiger charge is -2.42. The molecule has 6 heterocycles. The van der Waals surface area contributed by atoms with E-state index in [0.29, 0.717) is 54.3 Å². The molecule has 10 nitrogen and oxygen atoms in total. The minimum absolute atomic E-state index is 0.181. The average Bonchev–Trinajstić information content (AvgIpc) is 3.62. The Morgan fingerprint density at radius 1 is 1.15 bits per heavy atom. The number of aromatic nitrogens is 3. The number of phenolic OH excluding ortho intramolecular Hbond substituents is 1. The first-order valence-electron chi connectivity index (χ1n) is 14.3. The third kappa shape index (κ3) is 4.62. The largest absolute Gasteiger partial charge is 0.508 e. The molecular formula is C29H32FN7O3S. The van der Waals surface area contributed by atoms with E-state index in [1.165, 1.54) is 11.3 Å². The number of piperazine rings is 1. The van der Waals surface area contributed by atoms with Crippen LogP contribution in [0.5, 0.6) is 11.8 Å². The standard InChI is InChI=1S/C29H32FN7O3S/c30-18-10-29(6-3-7-37(29)11-18)16-40-27-34-25(36-12-19-14-39-15-20(13-36)31-19)24-26(35-27)41-28(33-24)32-23-9-21(38)8-17-4-1-2-5-22(17)23/h1-2,4-5,8-9,18-20,31,38H,3,6-7,10-16H2,(H,32,33)/t18-,19?,20?,29+/m1/s1. The Bertz CT molecular complexity index is 1610. The van der Waals surface area contributed by atoms with Gasteiger partial charge in [0.1, 0.15) is 24.0 Å². The zero-order valence-electron chi connectivity index (χ0n) is 22.6. The molecule has 214 valence electrons. The molecule has 2 bridgehead atoms. The number of alkyl halides is 1. The van der Waals surface area contributed by atoms with Gasteiger partial charge in [0.05, 0.1) is 24.4 Å². The summed E-state index contributed by atoms with van der Waals surface area (Å²) >= 11 is 1.42. The Labute approximate surface area is 240 Å². The fourth-order valence-electron chi connectivity index (χ4n) is 7.06. The van der Waals surface area contributed by atoms with Crippen molar-refractivity contribution in [1.82, 2.24) is 25.2 Å². The molecule has 4 aromatic rings. The van der Waals surface area contributed by atoms with Crippen LogP contribution in [-0.4, -0.2) is 94.8 Å². The first kappa shape index (κ1) is 25.4. The molecule has 4 fully saturated rings. The van der Waals surface area contributed by atoms with Gasteiger partial charge in [-0.3, -0.25) is 4.90 Å². The number of morpholine rings is 1. The van der Waals surface area contributed by atoms with Crippen LogP contribution in [0.25, 0.3) is 21.1 Å². The quantitative estimate of drug-likeness (QED) is 0.313. The van der Waals surface area contributed by atoms with E-state index in [1.54, 1.807) is 12.1 Å². The number of anilines is 3. The summed E-state index contributed by atoms with van der Waals surface area (Å²) < 4.78 is 26.4. The van der Waals surface area contributed by atoms with Crippen molar-refractivity contribution in [2.75, 3.05) is 56.2 Å². The molecule has 4 atom stereocenters. The van der Waals surface area contributed by atoms with Crippen molar-refractivity contribution in [2.45, 2.75) is 43.1 Å². The van der Waals surface area contributed by atoms with Gasteiger partial charge in [0.15, 0.2) is 15.8 Å². The molecule has 2 unspecified atom stereocenters. The van der Waals surface area contributed by atoms with Crippen molar-refractivity contribution in [1.29, 1.82) is 0 Å². The van der Waals surface area contributed by atoms with Gasteiger partial charge in [0, 0.05) is 49.6 Å². The summed E-state index contributed by atoms with van der Waals surface area (Å²) in [5, 5.41) is 20.0. The normalized spacial score (nSPS) is 27.9. The van der Waals surface area contributed by atoms with Gasteiger partial charge in [0.2, 0.25) is 0 Å². The van der Waals surface area contributed by atoms with Crippen LogP contribution in [-0.2, 0) is 4.74 Å². The van der Waals surface area contributed by atoms with E-state index in [2.05, 4.69) is 20.4 Å². The van der Waals surface area contributed by atoms with Gasteiger partial charge in [-0.25, -0.2) is 9.37 Å². The number of rotatable bonds is 6. The molecule has 8 rings (SSSR count). The van der Waals surface area contributed by atoms with Gasteiger partial charge in [0.25, 0.3) is 0 Å². The second-order valence-electron chi connectivity index (χ2n) is 11.7. The van der Waals surface area contributed by atoms with Crippen molar-refractivity contribution in [2.24, 2.45) is 0 Å². The summed E-state index contributed by atoms with van der Waals surface area (Å²) in [5.74, 6) is 0.921. The zero-order valence-corrected chi connectivity index (χ0v) is 23.4. The lowest BCUT2D eigenvalue weighted by Crippen LogP contribution is -2.63. The third-order valence-corrected chi connectivity index (χ3v) is 9.69. The molecule has 0 radical (unpaired) electrons. The van der Waals surface area contributed by atoms with E-state index < -0.39 is 6.17 Å². The number of fused-ring (bicyclic) bond motifs is 5. The van der Waals surface area contributed by atoms with Gasteiger partial charge in [-0.2, -0.15) is 9.97 Å². The Balaban J connectivity index is 1.15. The van der Waals surface area contributed by atoms with Crippen LogP contribution in [0.1, 0.15) is 19.3 Å². The molecule has 4 saturated heterocycles. The number of hydrogen-bond acceptors (Lipinski definition) is 11. The minimum atomic E-state index is -0.816. The molecule has 12 heteroatoms. The van der Waals surface area contributed by atoms with E-state index in [1.807, 2.05) is 24.3 Å². The van der Waals surface area contributed by atoms with Crippen LogP contribution in [0.2, 0.25) is 0 Å². The SMILES string of the molecule is Oc1cc(Nc2nc3c(N4CC5COCC(C4)N5)nc(OC[C@@]45CCCN4C[C@H](F)C5)nc3s2)c2ccccc2c1. The van der Waals surface area contributed by atoms with Crippen molar-refractivity contribution >= 4 is 49.1 Å². The maximum Gasteiger partial charge on any atom is 0.319 e. The van der Waals surface area contributed by atoms with Crippen molar-refractivity contribution in [3.8, 4) is 11.8 Å². The van der Waals surface area contributed by atoms with Gasteiger partial charge >= 0.3 is 6.01 Å². The molecular weight excluding hydrogens is 545 g/mol. The van der Waals surface area contributed by atoms with Gasteiger partial charge in [-0.05, 0) is 30.8 Å². The topological polar surface area (TPSA) is 108 Å². The predicted octanol–water partition coefficient (Wildman–Crippen LogP) is 3.82.